The molecule has 0 spiro atoms. The zero-order valence-electron chi connectivity index (χ0n) is 9.15. The molecule has 1 aromatic rings. The van der Waals surface area contributed by atoms with Gasteiger partial charge in [0.05, 0.1) is 0 Å². The van der Waals surface area contributed by atoms with Gasteiger partial charge in [-0.3, -0.25) is 4.90 Å². The molecular weight excluding hydrogens is 188 g/mol. The van der Waals surface area contributed by atoms with Gasteiger partial charge in [0, 0.05) is 30.9 Å². The Hall–Kier alpha value is -1.22. The molecule has 15 heavy (non-hydrogen) atoms. The topological polar surface area (TPSA) is 38.5 Å². The standard InChI is InChI=1S/C12H18N2O/c1-10-5-6-14(10)7-8-15-12-4-2-3-11(13)9-12/h2-4,9-10H,5-8,13H2,1H3. The normalized spacial score (nSPS) is 21.0. The number of ether oxygens (including phenoxy) is 1. The van der Waals surface area contributed by atoms with E-state index in [1.807, 2.05) is 24.3 Å². The molecule has 1 aromatic carbocycles. The molecule has 0 aromatic heterocycles. The molecule has 2 N–H and O–H groups in total. The number of rotatable bonds is 4. The Balaban J connectivity index is 1.73. The first-order chi connectivity index (χ1) is 7.25. The van der Waals surface area contributed by atoms with E-state index in [1.54, 1.807) is 0 Å². The van der Waals surface area contributed by atoms with Crippen molar-refractivity contribution >= 4 is 5.69 Å². The van der Waals surface area contributed by atoms with Crippen molar-refractivity contribution in [3.8, 4) is 5.75 Å². The number of likely N-dealkylation sites (tertiary alicyclic amines) is 1. The highest BCUT2D eigenvalue weighted by Gasteiger charge is 2.22. The Kier molecular flexibility index (Phi) is 3.11. The lowest BCUT2D eigenvalue weighted by molar-refractivity contribution is 0.0850. The van der Waals surface area contributed by atoms with Crippen LogP contribution in [0.4, 0.5) is 5.69 Å². The van der Waals surface area contributed by atoms with E-state index in [4.69, 9.17) is 10.5 Å². The molecule has 82 valence electrons. The molecule has 0 aliphatic carbocycles. The number of anilines is 1. The predicted molar refractivity (Wildman–Crippen MR) is 62.0 cm³/mol. The first kappa shape index (κ1) is 10.3. The minimum atomic E-state index is 0.731. The van der Waals surface area contributed by atoms with E-state index in [0.29, 0.717) is 0 Å². The summed E-state index contributed by atoms with van der Waals surface area (Å²) in [5.74, 6) is 0.864. The number of nitrogens with zero attached hydrogens (tertiary/aromatic N) is 1. The molecule has 1 atom stereocenters. The number of benzene rings is 1. The lowest BCUT2D eigenvalue weighted by Gasteiger charge is -2.38. The minimum Gasteiger partial charge on any atom is -0.492 e. The van der Waals surface area contributed by atoms with Crippen LogP contribution in [0.1, 0.15) is 13.3 Å². The van der Waals surface area contributed by atoms with Gasteiger partial charge in [-0.2, -0.15) is 0 Å². The summed E-state index contributed by atoms with van der Waals surface area (Å²) in [4.78, 5) is 2.42. The molecule has 1 unspecified atom stereocenters. The highest BCUT2D eigenvalue weighted by atomic mass is 16.5. The molecule has 1 heterocycles. The van der Waals surface area contributed by atoms with Gasteiger partial charge in [0.1, 0.15) is 12.4 Å². The predicted octanol–water partition coefficient (Wildman–Crippen LogP) is 1.74. The zero-order chi connectivity index (χ0) is 10.7. The SMILES string of the molecule is CC1CCN1CCOc1cccc(N)c1. The minimum absolute atomic E-state index is 0.731. The second-order valence-corrected chi connectivity index (χ2v) is 4.09. The molecular formula is C12H18N2O. The van der Waals surface area contributed by atoms with E-state index < -0.39 is 0 Å². The summed E-state index contributed by atoms with van der Waals surface area (Å²) in [7, 11) is 0. The molecule has 1 aliphatic heterocycles. The van der Waals surface area contributed by atoms with E-state index in [0.717, 1.165) is 30.6 Å². The van der Waals surface area contributed by atoms with Crippen molar-refractivity contribution in [2.45, 2.75) is 19.4 Å². The summed E-state index contributed by atoms with van der Waals surface area (Å²) in [6.07, 6.45) is 1.32. The fraction of sp³-hybridized carbons (Fsp3) is 0.500. The average molecular weight is 206 g/mol. The summed E-state index contributed by atoms with van der Waals surface area (Å²) in [5, 5.41) is 0. The van der Waals surface area contributed by atoms with Crippen molar-refractivity contribution in [1.29, 1.82) is 0 Å². The molecule has 1 saturated heterocycles. The molecule has 1 aliphatic rings. The molecule has 3 nitrogen and oxygen atoms in total. The maximum Gasteiger partial charge on any atom is 0.121 e. The van der Waals surface area contributed by atoms with Crippen LogP contribution in [0.2, 0.25) is 0 Å². The van der Waals surface area contributed by atoms with Gasteiger partial charge in [-0.15, -0.1) is 0 Å². The lowest BCUT2D eigenvalue weighted by atomic mass is 10.1. The van der Waals surface area contributed by atoms with Gasteiger partial charge in [-0.25, -0.2) is 0 Å². The Morgan fingerprint density at radius 2 is 2.40 bits per heavy atom. The fourth-order valence-corrected chi connectivity index (χ4v) is 1.79. The molecule has 3 heteroatoms. The van der Waals surface area contributed by atoms with E-state index in [1.165, 1.54) is 13.0 Å². The molecule has 0 amide bonds. The lowest BCUT2D eigenvalue weighted by Crippen LogP contribution is -2.47. The van der Waals surface area contributed by atoms with E-state index in [9.17, 15) is 0 Å². The van der Waals surface area contributed by atoms with Crippen LogP contribution in [0.5, 0.6) is 5.75 Å². The van der Waals surface area contributed by atoms with Crippen molar-refractivity contribution in [3.05, 3.63) is 24.3 Å². The summed E-state index contributed by atoms with van der Waals surface area (Å²) in [6.45, 7) is 5.22. The number of hydrogen-bond acceptors (Lipinski definition) is 3. The van der Waals surface area contributed by atoms with E-state index >= 15 is 0 Å². The number of nitrogen functional groups attached to an aromatic ring is 1. The fourth-order valence-electron chi connectivity index (χ4n) is 1.79. The highest BCUT2D eigenvalue weighted by Crippen LogP contribution is 2.17. The van der Waals surface area contributed by atoms with Crippen LogP contribution in [0.3, 0.4) is 0 Å². The highest BCUT2D eigenvalue weighted by molar-refractivity contribution is 5.43. The van der Waals surface area contributed by atoms with Crippen molar-refractivity contribution in [2.75, 3.05) is 25.4 Å². The second-order valence-electron chi connectivity index (χ2n) is 4.09. The smallest absolute Gasteiger partial charge is 0.121 e. The van der Waals surface area contributed by atoms with Gasteiger partial charge >= 0.3 is 0 Å². The quantitative estimate of drug-likeness (QED) is 0.763. The van der Waals surface area contributed by atoms with Crippen LogP contribution >= 0.6 is 0 Å². The summed E-state index contributed by atoms with van der Waals surface area (Å²) in [5.41, 5.74) is 6.41. The average Bonchev–Trinajstić information content (AvgIpc) is 2.22. The van der Waals surface area contributed by atoms with Crippen molar-refractivity contribution < 1.29 is 4.74 Å². The van der Waals surface area contributed by atoms with Crippen LogP contribution in [-0.2, 0) is 0 Å². The zero-order valence-corrected chi connectivity index (χ0v) is 9.15. The van der Waals surface area contributed by atoms with Gasteiger partial charge in [-0.1, -0.05) is 6.07 Å². The maximum atomic E-state index is 5.66. The van der Waals surface area contributed by atoms with Gasteiger partial charge in [0.15, 0.2) is 0 Å². The monoisotopic (exact) mass is 206 g/mol. The van der Waals surface area contributed by atoms with E-state index in [-0.39, 0.29) is 0 Å². The van der Waals surface area contributed by atoms with Gasteiger partial charge in [-0.05, 0) is 25.5 Å². The summed E-state index contributed by atoms with van der Waals surface area (Å²) < 4.78 is 5.62. The first-order valence-electron chi connectivity index (χ1n) is 5.48. The summed E-state index contributed by atoms with van der Waals surface area (Å²) in [6, 6.07) is 8.31. The second kappa shape index (κ2) is 4.53. The van der Waals surface area contributed by atoms with Gasteiger partial charge in [0.25, 0.3) is 0 Å². The van der Waals surface area contributed by atoms with Crippen LogP contribution in [0, 0.1) is 0 Å². The van der Waals surface area contributed by atoms with Crippen molar-refractivity contribution in [3.63, 3.8) is 0 Å². The Morgan fingerprint density at radius 1 is 1.53 bits per heavy atom. The first-order valence-corrected chi connectivity index (χ1v) is 5.48. The summed E-state index contributed by atoms with van der Waals surface area (Å²) >= 11 is 0. The third-order valence-electron chi connectivity index (χ3n) is 2.96. The van der Waals surface area contributed by atoms with Crippen LogP contribution < -0.4 is 10.5 Å². The van der Waals surface area contributed by atoms with Crippen LogP contribution in [0.15, 0.2) is 24.3 Å². The molecule has 0 bridgehead atoms. The van der Waals surface area contributed by atoms with Gasteiger partial charge in [0.2, 0.25) is 0 Å². The third kappa shape index (κ3) is 2.63. The van der Waals surface area contributed by atoms with Gasteiger partial charge < -0.3 is 10.5 Å². The van der Waals surface area contributed by atoms with Crippen LogP contribution in [0.25, 0.3) is 0 Å². The number of hydrogen-bond donors (Lipinski definition) is 1. The number of nitrogens with two attached hydrogens (primary N) is 1. The Morgan fingerprint density at radius 3 is 3.00 bits per heavy atom. The molecule has 1 fully saturated rings. The molecule has 0 saturated carbocycles. The van der Waals surface area contributed by atoms with E-state index in [2.05, 4.69) is 11.8 Å². The van der Waals surface area contributed by atoms with Crippen LogP contribution in [-0.4, -0.2) is 30.6 Å². The molecule has 0 radical (unpaired) electrons. The third-order valence-corrected chi connectivity index (χ3v) is 2.96. The van der Waals surface area contributed by atoms with Crippen molar-refractivity contribution in [1.82, 2.24) is 4.90 Å². The Labute approximate surface area is 90.8 Å². The maximum absolute atomic E-state index is 5.66. The van der Waals surface area contributed by atoms with Crippen molar-refractivity contribution in [2.24, 2.45) is 0 Å². The molecule has 2 rings (SSSR count). The largest absolute Gasteiger partial charge is 0.492 e. The Bertz CT molecular complexity index is 327.